The van der Waals surface area contributed by atoms with Crippen molar-refractivity contribution in [1.82, 2.24) is 10.2 Å². The SMILES string of the molecule is COc1ccc(C2/C(=C(/O)c3ccc(Cl)cc3)C(=O)C(=O)N2c2nnc(C)s2)cc1. The lowest BCUT2D eigenvalue weighted by Crippen LogP contribution is -2.29. The Morgan fingerprint density at radius 3 is 2.33 bits per heavy atom. The molecule has 1 amide bonds. The van der Waals surface area contributed by atoms with Crippen LogP contribution in [0.2, 0.25) is 5.02 Å². The molecule has 0 saturated carbocycles. The number of ketones is 1. The third-order valence-corrected chi connectivity index (χ3v) is 5.81. The van der Waals surface area contributed by atoms with Gasteiger partial charge in [0.15, 0.2) is 0 Å². The number of aliphatic hydroxyl groups excluding tert-OH is 1. The van der Waals surface area contributed by atoms with Gasteiger partial charge in [0.2, 0.25) is 5.13 Å². The van der Waals surface area contributed by atoms with Gasteiger partial charge < -0.3 is 9.84 Å². The maximum atomic E-state index is 13.0. The minimum Gasteiger partial charge on any atom is -0.507 e. The number of anilines is 1. The van der Waals surface area contributed by atoms with E-state index in [1.165, 1.54) is 16.2 Å². The Bertz CT molecular complexity index is 1160. The minimum atomic E-state index is -0.862. The predicted molar refractivity (Wildman–Crippen MR) is 114 cm³/mol. The van der Waals surface area contributed by atoms with Crippen molar-refractivity contribution in [2.45, 2.75) is 13.0 Å². The van der Waals surface area contributed by atoms with Gasteiger partial charge in [0.05, 0.1) is 18.7 Å². The Morgan fingerprint density at radius 2 is 1.77 bits per heavy atom. The van der Waals surface area contributed by atoms with Gasteiger partial charge in [-0.25, -0.2) is 0 Å². The number of benzene rings is 2. The molecule has 0 bridgehead atoms. The molecule has 2 aromatic carbocycles. The molecule has 2 heterocycles. The van der Waals surface area contributed by atoms with Crippen LogP contribution in [0.5, 0.6) is 5.75 Å². The number of nitrogens with zero attached hydrogens (tertiary/aromatic N) is 3. The van der Waals surface area contributed by atoms with Crippen LogP contribution in [-0.4, -0.2) is 34.1 Å². The van der Waals surface area contributed by atoms with Crippen LogP contribution in [0.1, 0.15) is 22.2 Å². The fourth-order valence-corrected chi connectivity index (χ4v) is 4.12. The largest absolute Gasteiger partial charge is 0.507 e. The first-order chi connectivity index (χ1) is 14.4. The zero-order valence-electron chi connectivity index (χ0n) is 16.0. The fraction of sp³-hybridized carbons (Fsp3) is 0.143. The number of carbonyl (C=O) groups excluding carboxylic acids is 2. The van der Waals surface area contributed by atoms with Gasteiger partial charge in [-0.3, -0.25) is 14.5 Å². The summed E-state index contributed by atoms with van der Waals surface area (Å²) < 4.78 is 5.20. The fourth-order valence-electron chi connectivity index (χ4n) is 3.28. The molecule has 1 atom stereocenters. The highest BCUT2D eigenvalue weighted by Gasteiger charge is 2.48. The number of hydrogen-bond donors (Lipinski definition) is 1. The van der Waals surface area contributed by atoms with Crippen molar-refractivity contribution in [2.75, 3.05) is 12.0 Å². The van der Waals surface area contributed by atoms with Gasteiger partial charge in [-0.2, -0.15) is 0 Å². The molecule has 1 saturated heterocycles. The number of amides is 1. The molecule has 1 N–H and O–H groups in total. The number of methoxy groups -OCH3 is 1. The molecule has 9 heteroatoms. The molecule has 4 rings (SSSR count). The number of hydrogen-bond acceptors (Lipinski definition) is 7. The summed E-state index contributed by atoms with van der Waals surface area (Å²) in [6.45, 7) is 1.76. The summed E-state index contributed by atoms with van der Waals surface area (Å²) in [6.07, 6.45) is 0. The van der Waals surface area contributed by atoms with E-state index in [9.17, 15) is 14.7 Å². The van der Waals surface area contributed by atoms with Crippen molar-refractivity contribution >= 4 is 45.5 Å². The lowest BCUT2D eigenvalue weighted by atomic mass is 9.95. The van der Waals surface area contributed by atoms with Crippen LogP contribution in [0.3, 0.4) is 0 Å². The van der Waals surface area contributed by atoms with Crippen LogP contribution >= 0.6 is 22.9 Å². The Balaban J connectivity index is 1.92. The van der Waals surface area contributed by atoms with Gasteiger partial charge in [0.25, 0.3) is 5.78 Å². The van der Waals surface area contributed by atoms with Crippen LogP contribution in [0, 0.1) is 6.92 Å². The third kappa shape index (κ3) is 3.44. The number of halogens is 1. The Hall–Kier alpha value is -3.23. The topological polar surface area (TPSA) is 92.6 Å². The van der Waals surface area contributed by atoms with Gasteiger partial charge >= 0.3 is 5.91 Å². The summed E-state index contributed by atoms with van der Waals surface area (Å²) >= 11 is 7.13. The molecule has 0 aliphatic carbocycles. The van der Waals surface area contributed by atoms with Crippen molar-refractivity contribution in [3.63, 3.8) is 0 Å². The minimum absolute atomic E-state index is 0.0275. The molecule has 0 radical (unpaired) electrons. The van der Waals surface area contributed by atoms with Crippen LogP contribution in [-0.2, 0) is 9.59 Å². The van der Waals surface area contributed by atoms with Gasteiger partial charge in [-0.05, 0) is 48.9 Å². The van der Waals surface area contributed by atoms with Crippen molar-refractivity contribution < 1.29 is 19.4 Å². The van der Waals surface area contributed by atoms with E-state index in [1.54, 1.807) is 62.6 Å². The lowest BCUT2D eigenvalue weighted by Gasteiger charge is -2.22. The first kappa shape index (κ1) is 20.1. The molecule has 1 aromatic heterocycles. The summed E-state index contributed by atoms with van der Waals surface area (Å²) in [7, 11) is 1.55. The number of rotatable bonds is 4. The van der Waals surface area contributed by atoms with E-state index in [2.05, 4.69) is 10.2 Å². The predicted octanol–water partition coefficient (Wildman–Crippen LogP) is 4.13. The average molecular weight is 442 g/mol. The van der Waals surface area contributed by atoms with Crippen molar-refractivity contribution in [3.05, 3.63) is 75.3 Å². The summed E-state index contributed by atoms with van der Waals surface area (Å²) in [5, 5.41) is 20.4. The number of aromatic nitrogens is 2. The van der Waals surface area contributed by atoms with Crippen LogP contribution < -0.4 is 9.64 Å². The monoisotopic (exact) mass is 441 g/mol. The highest BCUT2D eigenvalue weighted by Crippen LogP contribution is 2.43. The van der Waals surface area contributed by atoms with Crippen LogP contribution in [0.25, 0.3) is 5.76 Å². The normalized spacial score (nSPS) is 18.1. The smallest absolute Gasteiger partial charge is 0.301 e. The maximum absolute atomic E-state index is 13.0. The van der Waals surface area contributed by atoms with E-state index in [0.717, 1.165) is 0 Å². The number of Topliss-reactive ketones (excluding diaryl/α,β-unsaturated/α-hetero) is 1. The molecule has 1 fully saturated rings. The van der Waals surface area contributed by atoms with E-state index < -0.39 is 17.7 Å². The number of aryl methyl sites for hydroxylation is 1. The van der Waals surface area contributed by atoms with Crippen LogP contribution in [0.15, 0.2) is 54.1 Å². The zero-order chi connectivity index (χ0) is 21.4. The van der Waals surface area contributed by atoms with Crippen molar-refractivity contribution in [3.8, 4) is 5.75 Å². The third-order valence-electron chi connectivity index (χ3n) is 4.72. The molecule has 7 nitrogen and oxygen atoms in total. The van der Waals surface area contributed by atoms with E-state index in [4.69, 9.17) is 16.3 Å². The van der Waals surface area contributed by atoms with Gasteiger partial charge in [0.1, 0.15) is 16.5 Å². The molecule has 1 aliphatic heterocycles. The van der Waals surface area contributed by atoms with E-state index in [0.29, 0.717) is 26.9 Å². The van der Waals surface area contributed by atoms with E-state index >= 15 is 0 Å². The Kier molecular flexibility index (Phi) is 5.27. The quantitative estimate of drug-likeness (QED) is 0.371. The van der Waals surface area contributed by atoms with E-state index in [1.807, 2.05) is 0 Å². The second-order valence-electron chi connectivity index (χ2n) is 6.55. The molecule has 152 valence electrons. The first-order valence-electron chi connectivity index (χ1n) is 8.91. The Morgan fingerprint density at radius 1 is 1.10 bits per heavy atom. The number of carbonyl (C=O) groups is 2. The molecule has 1 aliphatic rings. The van der Waals surface area contributed by atoms with Crippen molar-refractivity contribution in [2.24, 2.45) is 0 Å². The van der Waals surface area contributed by atoms with Gasteiger partial charge in [-0.1, -0.05) is 35.1 Å². The summed E-state index contributed by atoms with van der Waals surface area (Å²) in [6, 6.07) is 12.4. The molecule has 1 unspecified atom stereocenters. The molecule has 0 spiro atoms. The van der Waals surface area contributed by atoms with E-state index in [-0.39, 0.29) is 16.5 Å². The Labute approximate surface area is 181 Å². The van der Waals surface area contributed by atoms with Gasteiger partial charge in [0, 0.05) is 10.6 Å². The summed E-state index contributed by atoms with van der Waals surface area (Å²) in [4.78, 5) is 27.2. The zero-order valence-corrected chi connectivity index (χ0v) is 17.6. The standard InChI is InChI=1S/C21H16ClN3O4S/c1-11-23-24-21(30-11)25-17(12-5-9-15(29-2)10-6-12)16(19(27)20(25)28)18(26)13-3-7-14(22)8-4-13/h3-10,17,26H,1-2H3/b18-16-. The molecule has 30 heavy (non-hydrogen) atoms. The molecular formula is C21H16ClN3O4S. The van der Waals surface area contributed by atoms with Crippen LogP contribution in [0.4, 0.5) is 5.13 Å². The number of aliphatic hydroxyl groups is 1. The lowest BCUT2D eigenvalue weighted by molar-refractivity contribution is -0.132. The maximum Gasteiger partial charge on any atom is 0.301 e. The van der Waals surface area contributed by atoms with Gasteiger partial charge in [-0.15, -0.1) is 10.2 Å². The molecule has 3 aromatic rings. The van der Waals surface area contributed by atoms with Crippen molar-refractivity contribution in [1.29, 1.82) is 0 Å². The highest BCUT2D eigenvalue weighted by atomic mass is 35.5. The summed E-state index contributed by atoms with van der Waals surface area (Å²) in [5.74, 6) is -1.23. The first-order valence-corrected chi connectivity index (χ1v) is 10.1. The second kappa shape index (κ2) is 7.89. The highest BCUT2D eigenvalue weighted by molar-refractivity contribution is 7.15. The average Bonchev–Trinajstić information content (AvgIpc) is 3.29. The summed E-state index contributed by atoms with van der Waals surface area (Å²) in [5.41, 5.74) is 0.975. The number of ether oxygens (including phenoxy) is 1. The molecular weight excluding hydrogens is 426 g/mol. The second-order valence-corrected chi connectivity index (χ2v) is 8.15.